The van der Waals surface area contributed by atoms with Gasteiger partial charge in [0.2, 0.25) is 5.91 Å². The number of halogens is 4. The zero-order chi connectivity index (χ0) is 21.9. The van der Waals surface area contributed by atoms with E-state index in [1.54, 1.807) is 24.3 Å². The fourth-order valence-electron chi connectivity index (χ4n) is 2.44. The van der Waals surface area contributed by atoms with Crippen molar-refractivity contribution < 1.29 is 27.9 Å². The minimum atomic E-state index is -4.54. The van der Waals surface area contributed by atoms with Crippen LogP contribution in [0.5, 0.6) is 0 Å². The second kappa shape index (κ2) is 8.84. The molecule has 1 aromatic carbocycles. The number of nitrogens with one attached hydrogen (secondary N) is 1. The average Bonchev–Trinajstić information content (AvgIpc) is 2.99. The van der Waals surface area contributed by atoms with E-state index in [0.29, 0.717) is 11.1 Å². The number of aliphatic carboxylic acids is 1. The zero-order valence-corrected chi connectivity index (χ0v) is 16.4. The maximum absolute atomic E-state index is 12.9. The summed E-state index contributed by atoms with van der Waals surface area (Å²) in [7, 11) is 0. The van der Waals surface area contributed by atoms with Crippen molar-refractivity contribution in [1.82, 2.24) is 10.3 Å². The monoisotopic (exact) mass is 456 g/mol. The first-order valence-electron chi connectivity index (χ1n) is 8.27. The Morgan fingerprint density at radius 1 is 1.30 bits per heavy atom. The van der Waals surface area contributed by atoms with Gasteiger partial charge in [-0.15, -0.1) is 5.10 Å². The molecular weight excluding hydrogens is 445 g/mol. The maximum atomic E-state index is 12.9. The summed E-state index contributed by atoms with van der Waals surface area (Å²) < 4.78 is 38.8. The highest BCUT2D eigenvalue weighted by molar-refractivity contribution is 8.15. The summed E-state index contributed by atoms with van der Waals surface area (Å²) >= 11 is 6.67. The number of rotatable bonds is 5. The highest BCUT2D eigenvalue weighted by Crippen LogP contribution is 2.33. The number of alkyl halides is 3. The molecule has 1 unspecified atom stereocenters. The van der Waals surface area contributed by atoms with E-state index in [2.05, 4.69) is 20.5 Å². The molecule has 3 rings (SSSR count). The Labute approximate surface area is 177 Å². The lowest BCUT2D eigenvalue weighted by Crippen LogP contribution is -2.26. The predicted octanol–water partition coefficient (Wildman–Crippen LogP) is 3.82. The van der Waals surface area contributed by atoms with Crippen LogP contribution in [0.3, 0.4) is 0 Å². The molecule has 1 saturated heterocycles. The molecule has 1 atom stereocenters. The van der Waals surface area contributed by atoms with Gasteiger partial charge in [-0.05, 0) is 17.7 Å². The quantitative estimate of drug-likeness (QED) is 0.404. The van der Waals surface area contributed by atoms with Crippen molar-refractivity contribution in [2.75, 3.05) is 0 Å². The van der Waals surface area contributed by atoms with Crippen LogP contribution in [0, 0.1) is 0 Å². The molecule has 30 heavy (non-hydrogen) atoms. The smallest absolute Gasteiger partial charge is 0.416 e. The summed E-state index contributed by atoms with van der Waals surface area (Å²) in [5.41, 5.74) is 0.212. The highest BCUT2D eigenvalue weighted by atomic mass is 35.5. The summed E-state index contributed by atoms with van der Waals surface area (Å²) in [5, 5.41) is 18.0. The molecule has 1 fully saturated rings. The van der Waals surface area contributed by atoms with Crippen molar-refractivity contribution in [3.63, 3.8) is 0 Å². The molecule has 0 saturated carbocycles. The number of hydrogen-bond acceptors (Lipinski definition) is 6. The number of aromatic nitrogens is 1. The number of carbonyl (C=O) groups excluding carboxylic acids is 1. The second-order valence-electron chi connectivity index (χ2n) is 6.03. The Balaban J connectivity index is 1.70. The van der Waals surface area contributed by atoms with E-state index in [9.17, 15) is 22.8 Å². The van der Waals surface area contributed by atoms with Crippen LogP contribution in [-0.4, -0.2) is 38.6 Å². The standard InChI is InChI=1S/C18H12ClF3N4O3S/c19-14-6-11(18(20,21)22)5-12(24-14)10-3-1-9(2-4-10)8-23-26-17-25-16(29)13(30-17)7-15(27)28/h1-6,8,13H,7H2,(H,27,28)(H,25,26,29). The molecule has 1 aromatic heterocycles. The number of benzene rings is 1. The molecule has 1 aliphatic rings. The van der Waals surface area contributed by atoms with Crippen molar-refractivity contribution in [3.05, 3.63) is 52.7 Å². The minimum absolute atomic E-state index is 0.0769. The molecule has 1 aliphatic heterocycles. The van der Waals surface area contributed by atoms with Crippen LogP contribution < -0.4 is 5.32 Å². The lowest BCUT2D eigenvalue weighted by atomic mass is 10.1. The first-order chi connectivity index (χ1) is 14.1. The summed E-state index contributed by atoms with van der Waals surface area (Å²) in [6.07, 6.45) is -3.49. The van der Waals surface area contributed by atoms with Crippen LogP contribution in [0.25, 0.3) is 11.3 Å². The van der Waals surface area contributed by atoms with Gasteiger partial charge >= 0.3 is 12.1 Å². The fraction of sp³-hybridized carbons (Fsp3) is 0.167. The van der Waals surface area contributed by atoms with Gasteiger partial charge in [0, 0.05) is 5.56 Å². The van der Waals surface area contributed by atoms with Crippen molar-refractivity contribution in [2.24, 2.45) is 10.2 Å². The lowest BCUT2D eigenvalue weighted by molar-refractivity contribution is -0.138. The summed E-state index contributed by atoms with van der Waals surface area (Å²) in [5.74, 6) is -1.54. The van der Waals surface area contributed by atoms with Gasteiger partial charge in [0.25, 0.3) is 0 Å². The second-order valence-corrected chi connectivity index (χ2v) is 7.61. The van der Waals surface area contributed by atoms with E-state index in [1.807, 2.05) is 0 Å². The average molecular weight is 457 g/mol. The van der Waals surface area contributed by atoms with Crippen LogP contribution in [0.15, 0.2) is 46.6 Å². The van der Waals surface area contributed by atoms with Crippen molar-refractivity contribution >= 4 is 46.6 Å². The number of carbonyl (C=O) groups is 2. The minimum Gasteiger partial charge on any atom is -0.481 e. The molecule has 0 radical (unpaired) electrons. The molecule has 2 N–H and O–H groups in total. The fourth-order valence-corrected chi connectivity index (χ4v) is 3.57. The number of carboxylic acids is 1. The normalized spacial score (nSPS) is 18.2. The van der Waals surface area contributed by atoms with Gasteiger partial charge in [0.1, 0.15) is 10.4 Å². The van der Waals surface area contributed by atoms with Crippen LogP contribution in [-0.2, 0) is 15.8 Å². The van der Waals surface area contributed by atoms with Crippen LogP contribution in [0.2, 0.25) is 5.15 Å². The predicted molar refractivity (Wildman–Crippen MR) is 106 cm³/mol. The van der Waals surface area contributed by atoms with Gasteiger partial charge < -0.3 is 10.4 Å². The summed E-state index contributed by atoms with van der Waals surface area (Å²) in [6, 6.07) is 7.98. The van der Waals surface area contributed by atoms with E-state index < -0.39 is 28.9 Å². The maximum Gasteiger partial charge on any atom is 0.416 e. The van der Waals surface area contributed by atoms with E-state index in [1.165, 1.54) is 6.21 Å². The Kier molecular flexibility index (Phi) is 6.42. The third kappa shape index (κ3) is 5.57. The largest absolute Gasteiger partial charge is 0.481 e. The number of thioether (sulfide) groups is 1. The number of amidine groups is 1. The first kappa shape index (κ1) is 21.8. The summed E-state index contributed by atoms with van der Waals surface area (Å²) in [6.45, 7) is 0. The van der Waals surface area contributed by atoms with Crippen LogP contribution in [0.1, 0.15) is 17.5 Å². The lowest BCUT2D eigenvalue weighted by Gasteiger charge is -2.09. The van der Waals surface area contributed by atoms with Gasteiger partial charge in [-0.25, -0.2) is 4.98 Å². The number of pyridine rings is 1. The molecule has 7 nitrogen and oxygen atoms in total. The topological polar surface area (TPSA) is 104 Å². The molecular formula is C18H12ClF3N4O3S. The van der Waals surface area contributed by atoms with Crippen molar-refractivity contribution in [1.29, 1.82) is 0 Å². The van der Waals surface area contributed by atoms with Gasteiger partial charge in [0.15, 0.2) is 5.17 Å². The van der Waals surface area contributed by atoms with E-state index in [-0.39, 0.29) is 22.4 Å². The number of nitrogens with zero attached hydrogens (tertiary/aromatic N) is 3. The van der Waals surface area contributed by atoms with Gasteiger partial charge in [-0.3, -0.25) is 9.59 Å². The molecule has 0 aliphatic carbocycles. The van der Waals surface area contributed by atoms with E-state index >= 15 is 0 Å². The summed E-state index contributed by atoms with van der Waals surface area (Å²) in [4.78, 5) is 26.2. The van der Waals surface area contributed by atoms with Gasteiger partial charge in [0.05, 0.1) is 23.9 Å². The Hall–Kier alpha value is -2.92. The van der Waals surface area contributed by atoms with Crippen LogP contribution >= 0.6 is 23.4 Å². The highest BCUT2D eigenvalue weighted by Gasteiger charge is 2.32. The number of amides is 1. The van der Waals surface area contributed by atoms with E-state index in [4.69, 9.17) is 16.7 Å². The molecule has 0 spiro atoms. The van der Waals surface area contributed by atoms with Gasteiger partial charge in [-0.1, -0.05) is 47.6 Å². The molecule has 2 heterocycles. The Morgan fingerprint density at radius 3 is 2.63 bits per heavy atom. The number of carboxylic acid groups (broad SMARTS) is 1. The Bertz CT molecular complexity index is 1040. The third-order valence-corrected chi connectivity index (χ3v) is 5.09. The SMILES string of the molecule is O=C(O)CC1SC(=NN=Cc2ccc(-c3cc(C(F)(F)F)cc(Cl)n3)cc2)NC1=O. The number of hydrogen-bond donors (Lipinski definition) is 2. The molecule has 1 amide bonds. The third-order valence-electron chi connectivity index (χ3n) is 3.82. The Morgan fingerprint density at radius 2 is 2.00 bits per heavy atom. The van der Waals surface area contributed by atoms with Crippen molar-refractivity contribution in [2.45, 2.75) is 17.8 Å². The molecule has 2 aromatic rings. The van der Waals surface area contributed by atoms with Crippen LogP contribution in [0.4, 0.5) is 13.2 Å². The first-order valence-corrected chi connectivity index (χ1v) is 9.53. The van der Waals surface area contributed by atoms with Gasteiger partial charge in [-0.2, -0.15) is 18.3 Å². The van der Waals surface area contributed by atoms with E-state index in [0.717, 1.165) is 23.9 Å². The molecule has 0 bridgehead atoms. The van der Waals surface area contributed by atoms with Crippen molar-refractivity contribution in [3.8, 4) is 11.3 Å². The molecule has 156 valence electrons. The molecule has 12 heteroatoms. The zero-order valence-electron chi connectivity index (χ0n) is 14.9.